The van der Waals surface area contributed by atoms with Crippen molar-refractivity contribution < 1.29 is 9.59 Å². The Bertz CT molecular complexity index is 1050. The molecule has 0 aromatic carbocycles. The van der Waals surface area contributed by atoms with Crippen LogP contribution in [0.5, 0.6) is 0 Å². The van der Waals surface area contributed by atoms with Gasteiger partial charge in [0.05, 0.1) is 17.8 Å². The summed E-state index contributed by atoms with van der Waals surface area (Å²) in [6.07, 6.45) is 3.36. The molecule has 2 aromatic rings. The molecule has 1 fully saturated rings. The predicted octanol–water partition coefficient (Wildman–Crippen LogP) is 2.32. The molecule has 0 saturated carbocycles. The van der Waals surface area contributed by atoms with Crippen LogP contribution in [0.3, 0.4) is 0 Å². The quantitative estimate of drug-likeness (QED) is 0.811. The van der Waals surface area contributed by atoms with E-state index in [-0.39, 0.29) is 35.1 Å². The Morgan fingerprint density at radius 1 is 1.19 bits per heavy atom. The van der Waals surface area contributed by atoms with Gasteiger partial charge in [-0.05, 0) is 19.3 Å². The fourth-order valence-corrected chi connectivity index (χ4v) is 4.68. The van der Waals surface area contributed by atoms with Crippen LogP contribution in [0.25, 0.3) is 5.65 Å². The first-order chi connectivity index (χ1) is 14.8. The Kier molecular flexibility index (Phi) is 5.90. The second-order valence-electron chi connectivity index (χ2n) is 9.34. The van der Waals surface area contributed by atoms with Gasteiger partial charge in [-0.1, -0.05) is 27.7 Å². The molecule has 0 unspecified atom stereocenters. The average Bonchev–Trinajstić information content (AvgIpc) is 3.22. The van der Waals surface area contributed by atoms with E-state index in [2.05, 4.69) is 5.10 Å². The molecule has 8 heteroatoms. The summed E-state index contributed by atoms with van der Waals surface area (Å²) in [4.78, 5) is 46.7. The minimum absolute atomic E-state index is 0.0361. The lowest BCUT2D eigenvalue weighted by Gasteiger charge is -2.33. The van der Waals surface area contributed by atoms with Crippen molar-refractivity contribution in [1.82, 2.24) is 24.4 Å². The molecule has 4 heterocycles. The molecular weight excluding hydrogens is 394 g/mol. The fraction of sp³-hybridized carbons (Fsp3) is 0.652. The normalized spacial score (nSPS) is 20.2. The van der Waals surface area contributed by atoms with Crippen LogP contribution in [0.1, 0.15) is 69.8 Å². The minimum atomic E-state index is -0.129. The number of H-pyrrole nitrogens is 1. The summed E-state index contributed by atoms with van der Waals surface area (Å²) in [6.45, 7) is 10.2. The third kappa shape index (κ3) is 4.00. The first-order valence-corrected chi connectivity index (χ1v) is 11.5. The summed E-state index contributed by atoms with van der Waals surface area (Å²) >= 11 is 0. The van der Waals surface area contributed by atoms with Crippen LogP contribution in [-0.4, -0.2) is 55.8 Å². The van der Waals surface area contributed by atoms with Crippen molar-refractivity contribution in [2.45, 2.75) is 65.8 Å². The molecule has 0 aliphatic carbocycles. The van der Waals surface area contributed by atoms with Crippen molar-refractivity contribution in [2.75, 3.05) is 19.6 Å². The maximum atomic E-state index is 13.2. The van der Waals surface area contributed by atoms with Crippen LogP contribution in [0, 0.1) is 11.8 Å². The van der Waals surface area contributed by atoms with Gasteiger partial charge >= 0.3 is 0 Å². The lowest BCUT2D eigenvalue weighted by atomic mass is 9.93. The molecule has 31 heavy (non-hydrogen) atoms. The van der Waals surface area contributed by atoms with Crippen molar-refractivity contribution >= 4 is 17.5 Å². The number of nitrogens with one attached hydrogen (secondary N) is 1. The predicted molar refractivity (Wildman–Crippen MR) is 118 cm³/mol. The molecule has 2 aliphatic heterocycles. The Balaban J connectivity index is 1.61. The van der Waals surface area contributed by atoms with E-state index in [4.69, 9.17) is 4.98 Å². The van der Waals surface area contributed by atoms with Crippen molar-refractivity contribution in [1.29, 1.82) is 0 Å². The zero-order valence-corrected chi connectivity index (χ0v) is 19.0. The third-order valence-corrected chi connectivity index (χ3v) is 6.79. The Morgan fingerprint density at radius 3 is 2.68 bits per heavy atom. The summed E-state index contributed by atoms with van der Waals surface area (Å²) in [5.41, 5.74) is 2.83. The summed E-state index contributed by atoms with van der Waals surface area (Å²) in [5, 5.41) is 3.25. The first kappa shape index (κ1) is 21.6. The summed E-state index contributed by atoms with van der Waals surface area (Å²) in [7, 11) is 0. The van der Waals surface area contributed by atoms with E-state index >= 15 is 0 Å². The molecule has 8 nitrogen and oxygen atoms in total. The molecule has 1 saturated heterocycles. The summed E-state index contributed by atoms with van der Waals surface area (Å²) in [5.74, 6) is 0.387. The van der Waals surface area contributed by atoms with Gasteiger partial charge in [-0.3, -0.25) is 19.5 Å². The van der Waals surface area contributed by atoms with Gasteiger partial charge < -0.3 is 9.80 Å². The van der Waals surface area contributed by atoms with Gasteiger partial charge in [0.1, 0.15) is 0 Å². The molecule has 2 atom stereocenters. The Morgan fingerprint density at radius 2 is 1.97 bits per heavy atom. The Hall–Kier alpha value is -2.64. The van der Waals surface area contributed by atoms with E-state index in [1.807, 2.05) is 38.7 Å². The van der Waals surface area contributed by atoms with Gasteiger partial charge in [0, 0.05) is 55.6 Å². The Labute approximate surface area is 182 Å². The van der Waals surface area contributed by atoms with E-state index in [0.717, 1.165) is 37.2 Å². The van der Waals surface area contributed by atoms with Crippen LogP contribution in [0.15, 0.2) is 10.9 Å². The minimum Gasteiger partial charge on any atom is -0.342 e. The van der Waals surface area contributed by atoms with Gasteiger partial charge in [0.15, 0.2) is 5.65 Å². The number of likely N-dealkylation sites (tertiary alicyclic amines) is 1. The number of nitrogens with zero attached hydrogens (tertiary/aromatic N) is 4. The zero-order chi connectivity index (χ0) is 22.3. The second-order valence-corrected chi connectivity index (χ2v) is 9.34. The van der Waals surface area contributed by atoms with Gasteiger partial charge in [-0.2, -0.15) is 0 Å². The number of piperidine rings is 1. The standard InChI is InChI=1S/C23H33N5O3/c1-5-15(4)22(30)26-9-6-7-16(12-26)19-11-20-24-18-8-10-27(21(29)14(2)3)13-17(18)23(31)28(20)25-19/h11,14-16,25H,5-10,12-13H2,1-4H3/t15-,16+/m0/s1. The molecule has 4 rings (SSSR count). The number of aromatic amines is 1. The van der Waals surface area contributed by atoms with Gasteiger partial charge in [0.25, 0.3) is 5.56 Å². The average molecular weight is 428 g/mol. The maximum Gasteiger partial charge on any atom is 0.277 e. The highest BCUT2D eigenvalue weighted by Gasteiger charge is 2.30. The highest BCUT2D eigenvalue weighted by atomic mass is 16.2. The smallest absolute Gasteiger partial charge is 0.277 e. The second kappa shape index (κ2) is 8.48. The monoisotopic (exact) mass is 427 g/mol. The highest BCUT2D eigenvalue weighted by molar-refractivity contribution is 5.79. The molecule has 0 bridgehead atoms. The van der Waals surface area contributed by atoms with Crippen LogP contribution in [0.4, 0.5) is 0 Å². The number of hydrogen-bond acceptors (Lipinski definition) is 4. The zero-order valence-electron chi connectivity index (χ0n) is 19.0. The molecular formula is C23H33N5O3. The van der Waals surface area contributed by atoms with E-state index < -0.39 is 0 Å². The molecule has 2 aromatic heterocycles. The summed E-state index contributed by atoms with van der Waals surface area (Å²) in [6, 6.07) is 1.95. The van der Waals surface area contributed by atoms with Crippen LogP contribution >= 0.6 is 0 Å². The topological polar surface area (TPSA) is 90.8 Å². The van der Waals surface area contributed by atoms with Crippen LogP contribution in [0.2, 0.25) is 0 Å². The lowest BCUT2D eigenvalue weighted by molar-refractivity contribution is -0.136. The number of rotatable bonds is 4. The molecule has 2 amide bonds. The van der Waals surface area contributed by atoms with Crippen molar-refractivity contribution in [3.8, 4) is 0 Å². The van der Waals surface area contributed by atoms with Crippen LogP contribution in [-0.2, 0) is 22.6 Å². The molecule has 168 valence electrons. The summed E-state index contributed by atoms with van der Waals surface area (Å²) < 4.78 is 1.51. The maximum absolute atomic E-state index is 13.2. The largest absolute Gasteiger partial charge is 0.342 e. The van der Waals surface area contributed by atoms with E-state index in [1.165, 1.54) is 4.52 Å². The van der Waals surface area contributed by atoms with E-state index in [9.17, 15) is 14.4 Å². The molecule has 2 aliphatic rings. The van der Waals surface area contributed by atoms with Gasteiger partial charge in [0.2, 0.25) is 11.8 Å². The highest BCUT2D eigenvalue weighted by Crippen LogP contribution is 2.28. The first-order valence-electron chi connectivity index (χ1n) is 11.5. The number of hydrogen-bond donors (Lipinski definition) is 1. The number of amides is 2. The third-order valence-electron chi connectivity index (χ3n) is 6.79. The van der Waals surface area contributed by atoms with Crippen molar-refractivity contribution in [3.05, 3.63) is 33.4 Å². The SMILES string of the molecule is CC[C@H](C)C(=O)N1CCC[C@@H](c2cc3nc4c(c(=O)n3[nH]2)CN(C(=O)C(C)C)CC4)C1. The van der Waals surface area contributed by atoms with Crippen molar-refractivity contribution in [2.24, 2.45) is 11.8 Å². The lowest BCUT2D eigenvalue weighted by Crippen LogP contribution is -2.42. The number of fused-ring (bicyclic) bond motifs is 2. The number of aromatic nitrogens is 3. The number of carbonyl (C=O) groups is 2. The van der Waals surface area contributed by atoms with E-state index in [0.29, 0.717) is 37.3 Å². The van der Waals surface area contributed by atoms with Crippen LogP contribution < -0.4 is 5.56 Å². The number of carbonyl (C=O) groups excluding carboxylic acids is 2. The fourth-order valence-electron chi connectivity index (χ4n) is 4.68. The molecule has 1 N–H and O–H groups in total. The van der Waals surface area contributed by atoms with Crippen molar-refractivity contribution in [3.63, 3.8) is 0 Å². The molecule has 0 radical (unpaired) electrons. The van der Waals surface area contributed by atoms with Gasteiger partial charge in [-0.15, -0.1) is 0 Å². The van der Waals surface area contributed by atoms with Gasteiger partial charge in [-0.25, -0.2) is 9.50 Å². The van der Waals surface area contributed by atoms with E-state index in [1.54, 1.807) is 4.90 Å². The molecule has 0 spiro atoms.